The second-order valence-corrected chi connectivity index (χ2v) is 4.33. The molecule has 1 aromatic carbocycles. The van der Waals surface area contributed by atoms with E-state index in [4.69, 9.17) is 14.7 Å². The molecule has 0 amide bonds. The first-order chi connectivity index (χ1) is 10.3. The molecule has 0 spiro atoms. The number of carbonyl (C=O) groups excluding carboxylic acids is 1. The molecule has 0 radical (unpaired) electrons. The monoisotopic (exact) mass is 278 g/mol. The van der Waals surface area contributed by atoms with Crippen LogP contribution in [0.5, 0.6) is 11.5 Å². The predicted octanol–water partition coefficient (Wildman–Crippen LogP) is 2.60. The molecule has 0 fully saturated rings. The van der Waals surface area contributed by atoms with Crippen LogP contribution < -0.4 is 9.47 Å². The molecule has 0 N–H and O–H groups in total. The van der Waals surface area contributed by atoms with Crippen molar-refractivity contribution < 1.29 is 14.3 Å². The van der Waals surface area contributed by atoms with Crippen molar-refractivity contribution in [3.05, 3.63) is 59.6 Å². The number of hydrogen-bond donors (Lipinski definition) is 0. The normalized spacial score (nSPS) is 14.4. The highest BCUT2D eigenvalue weighted by Crippen LogP contribution is 2.34. The summed E-state index contributed by atoms with van der Waals surface area (Å²) >= 11 is 0. The van der Waals surface area contributed by atoms with Gasteiger partial charge in [-0.05, 0) is 35.9 Å². The van der Waals surface area contributed by atoms with E-state index in [0.717, 1.165) is 5.56 Å². The van der Waals surface area contributed by atoms with Gasteiger partial charge in [0.05, 0.1) is 5.56 Å². The van der Waals surface area contributed by atoms with Crippen LogP contribution in [0, 0.1) is 11.3 Å². The zero-order valence-electron chi connectivity index (χ0n) is 10.9. The minimum Gasteiger partial charge on any atom is -0.479 e. The van der Waals surface area contributed by atoms with Crippen molar-refractivity contribution >= 4 is 11.9 Å². The van der Waals surface area contributed by atoms with Crippen molar-refractivity contribution in [1.29, 1.82) is 5.26 Å². The third-order valence-corrected chi connectivity index (χ3v) is 2.95. The summed E-state index contributed by atoms with van der Waals surface area (Å²) in [5.41, 5.74) is 1.32. The molecule has 1 aliphatic rings. The fourth-order valence-corrected chi connectivity index (χ4v) is 1.98. The SMILES string of the molecule is N#CCOc1ccc2c(c1)OC(=Cc1ccncc1)C2=O. The molecule has 3 rings (SSSR count). The number of pyridine rings is 1. The predicted molar refractivity (Wildman–Crippen MR) is 74.7 cm³/mol. The molecule has 102 valence electrons. The largest absolute Gasteiger partial charge is 0.479 e. The maximum atomic E-state index is 12.2. The number of aromatic nitrogens is 1. The van der Waals surface area contributed by atoms with E-state index in [1.807, 2.05) is 6.07 Å². The maximum absolute atomic E-state index is 12.2. The molecular formula is C16H10N2O3. The van der Waals surface area contributed by atoms with Gasteiger partial charge >= 0.3 is 0 Å². The fraction of sp³-hybridized carbons (Fsp3) is 0.0625. The lowest BCUT2D eigenvalue weighted by molar-refractivity contribution is 0.101. The molecule has 5 heteroatoms. The summed E-state index contributed by atoms with van der Waals surface area (Å²) in [6, 6.07) is 10.3. The second kappa shape index (κ2) is 5.47. The molecule has 0 aliphatic carbocycles. The highest BCUT2D eigenvalue weighted by molar-refractivity contribution is 6.14. The first kappa shape index (κ1) is 12.9. The Balaban J connectivity index is 1.88. The number of Topliss-reactive ketones (excluding diaryl/α,β-unsaturated/α-hetero) is 1. The van der Waals surface area contributed by atoms with E-state index in [1.54, 1.807) is 48.8 Å². The van der Waals surface area contributed by atoms with Crippen molar-refractivity contribution in [2.45, 2.75) is 0 Å². The first-order valence-corrected chi connectivity index (χ1v) is 6.26. The topological polar surface area (TPSA) is 72.2 Å². The number of ketones is 1. The number of hydrogen-bond acceptors (Lipinski definition) is 5. The van der Waals surface area contributed by atoms with E-state index >= 15 is 0 Å². The van der Waals surface area contributed by atoms with Crippen LogP contribution in [-0.4, -0.2) is 17.4 Å². The molecule has 21 heavy (non-hydrogen) atoms. The molecule has 1 aromatic heterocycles. The van der Waals surface area contributed by atoms with E-state index < -0.39 is 0 Å². The van der Waals surface area contributed by atoms with Gasteiger partial charge in [0, 0.05) is 18.5 Å². The van der Waals surface area contributed by atoms with E-state index in [0.29, 0.717) is 17.1 Å². The average molecular weight is 278 g/mol. The van der Waals surface area contributed by atoms with Gasteiger partial charge in [0.15, 0.2) is 12.4 Å². The Labute approximate surface area is 121 Å². The van der Waals surface area contributed by atoms with Gasteiger partial charge in [0.25, 0.3) is 0 Å². The average Bonchev–Trinajstić information content (AvgIpc) is 2.82. The van der Waals surface area contributed by atoms with Crippen LogP contribution in [0.2, 0.25) is 0 Å². The Kier molecular flexibility index (Phi) is 3.36. The van der Waals surface area contributed by atoms with E-state index in [1.165, 1.54) is 0 Å². The van der Waals surface area contributed by atoms with Gasteiger partial charge in [-0.3, -0.25) is 9.78 Å². The second-order valence-electron chi connectivity index (χ2n) is 4.33. The van der Waals surface area contributed by atoms with Crippen LogP contribution in [0.1, 0.15) is 15.9 Å². The Morgan fingerprint density at radius 1 is 1.29 bits per heavy atom. The maximum Gasteiger partial charge on any atom is 0.231 e. The number of fused-ring (bicyclic) bond motifs is 1. The summed E-state index contributed by atoms with van der Waals surface area (Å²) in [6.07, 6.45) is 4.96. The van der Waals surface area contributed by atoms with Gasteiger partial charge in [-0.25, -0.2) is 0 Å². The first-order valence-electron chi connectivity index (χ1n) is 6.26. The highest BCUT2D eigenvalue weighted by Gasteiger charge is 2.27. The van der Waals surface area contributed by atoms with Crippen LogP contribution in [0.25, 0.3) is 6.08 Å². The molecule has 0 unspecified atom stereocenters. The summed E-state index contributed by atoms with van der Waals surface area (Å²) in [6.45, 7) is -0.0492. The summed E-state index contributed by atoms with van der Waals surface area (Å²) in [4.78, 5) is 16.1. The van der Waals surface area contributed by atoms with Crippen LogP contribution in [0.3, 0.4) is 0 Å². The van der Waals surface area contributed by atoms with Crippen molar-refractivity contribution in [1.82, 2.24) is 4.98 Å². The Bertz CT molecular complexity index is 761. The van der Waals surface area contributed by atoms with Gasteiger partial charge in [-0.15, -0.1) is 0 Å². The lowest BCUT2D eigenvalue weighted by Crippen LogP contribution is -1.98. The van der Waals surface area contributed by atoms with Crippen molar-refractivity contribution in [2.75, 3.05) is 6.61 Å². The number of ether oxygens (including phenoxy) is 2. The number of nitrogens with zero attached hydrogens (tertiary/aromatic N) is 2. The minimum atomic E-state index is -0.173. The molecule has 0 bridgehead atoms. The molecule has 2 aromatic rings. The van der Waals surface area contributed by atoms with Crippen LogP contribution in [-0.2, 0) is 0 Å². The lowest BCUT2D eigenvalue weighted by Gasteiger charge is -2.02. The van der Waals surface area contributed by atoms with Gasteiger partial charge in [0.1, 0.15) is 17.6 Å². The van der Waals surface area contributed by atoms with Gasteiger partial charge in [-0.2, -0.15) is 5.26 Å². The molecule has 5 nitrogen and oxygen atoms in total. The molecule has 2 heterocycles. The fourth-order valence-electron chi connectivity index (χ4n) is 1.98. The Hall–Kier alpha value is -3.13. The smallest absolute Gasteiger partial charge is 0.231 e. The quantitative estimate of drug-likeness (QED) is 0.807. The van der Waals surface area contributed by atoms with E-state index in [-0.39, 0.29) is 18.1 Å². The van der Waals surface area contributed by atoms with Gasteiger partial charge in [-0.1, -0.05) is 0 Å². The minimum absolute atomic E-state index is 0.0492. The van der Waals surface area contributed by atoms with Crippen molar-refractivity contribution in [2.24, 2.45) is 0 Å². The number of rotatable bonds is 3. The Morgan fingerprint density at radius 3 is 2.86 bits per heavy atom. The third kappa shape index (κ3) is 2.60. The zero-order chi connectivity index (χ0) is 14.7. The van der Waals surface area contributed by atoms with Crippen molar-refractivity contribution in [3.8, 4) is 17.6 Å². The standard InChI is InChI=1S/C16H10N2O3/c17-5-8-20-12-1-2-13-14(10-12)21-15(16(13)19)9-11-3-6-18-7-4-11/h1-4,6-7,9-10H,8H2. The number of allylic oxidation sites excluding steroid dienone is 1. The summed E-state index contributed by atoms with van der Waals surface area (Å²) in [5, 5.41) is 8.49. The van der Waals surface area contributed by atoms with Crippen LogP contribution in [0.4, 0.5) is 0 Å². The molecule has 1 aliphatic heterocycles. The summed E-state index contributed by atoms with van der Waals surface area (Å²) in [5.74, 6) is 1.02. The van der Waals surface area contributed by atoms with Crippen LogP contribution >= 0.6 is 0 Å². The summed E-state index contributed by atoms with van der Waals surface area (Å²) in [7, 11) is 0. The van der Waals surface area contributed by atoms with Gasteiger partial charge in [0.2, 0.25) is 5.78 Å². The number of nitriles is 1. The lowest BCUT2D eigenvalue weighted by atomic mass is 10.1. The molecule has 0 atom stereocenters. The third-order valence-electron chi connectivity index (χ3n) is 2.95. The molecule has 0 saturated heterocycles. The molecule has 0 saturated carbocycles. The molecular weight excluding hydrogens is 268 g/mol. The van der Waals surface area contributed by atoms with Gasteiger partial charge < -0.3 is 9.47 Å². The highest BCUT2D eigenvalue weighted by atomic mass is 16.5. The zero-order valence-corrected chi connectivity index (χ0v) is 10.9. The Morgan fingerprint density at radius 2 is 2.10 bits per heavy atom. The van der Waals surface area contributed by atoms with Crippen molar-refractivity contribution in [3.63, 3.8) is 0 Å². The van der Waals surface area contributed by atoms with E-state index in [2.05, 4.69) is 4.98 Å². The summed E-state index contributed by atoms with van der Waals surface area (Å²) < 4.78 is 10.8. The number of carbonyl (C=O) groups is 1. The number of benzene rings is 1. The van der Waals surface area contributed by atoms with Crippen LogP contribution in [0.15, 0.2) is 48.5 Å². The van der Waals surface area contributed by atoms with E-state index in [9.17, 15) is 4.79 Å².